The zero-order chi connectivity index (χ0) is 22.8. The van der Waals surface area contributed by atoms with Gasteiger partial charge in [-0.3, -0.25) is 9.59 Å². The van der Waals surface area contributed by atoms with Gasteiger partial charge in [0.05, 0.1) is 22.1 Å². The molecule has 1 fully saturated rings. The van der Waals surface area contributed by atoms with Gasteiger partial charge in [0.25, 0.3) is 5.91 Å². The molecule has 1 saturated carbocycles. The lowest BCUT2D eigenvalue weighted by molar-refractivity contribution is 0.0808. The molecule has 2 unspecified atom stereocenters. The summed E-state index contributed by atoms with van der Waals surface area (Å²) in [7, 11) is 1.65. The van der Waals surface area contributed by atoms with Crippen molar-refractivity contribution >= 4 is 45.9 Å². The Balaban J connectivity index is 1.47. The van der Waals surface area contributed by atoms with Crippen LogP contribution in [-0.2, 0) is 4.74 Å². The molecule has 1 aromatic heterocycles. The Hall–Kier alpha value is -2.41. The number of imidazole rings is 1. The number of fused-ring (bicyclic) bond motifs is 1. The van der Waals surface area contributed by atoms with Gasteiger partial charge in [0.15, 0.2) is 5.78 Å². The average Bonchev–Trinajstić information content (AvgIpc) is 3.40. The van der Waals surface area contributed by atoms with Crippen LogP contribution in [0.2, 0.25) is 10.0 Å². The van der Waals surface area contributed by atoms with Crippen molar-refractivity contribution < 1.29 is 14.3 Å². The maximum Gasteiger partial charge on any atom is 0.251 e. The number of nitrogens with zero attached hydrogens (tertiary/aromatic N) is 1. The van der Waals surface area contributed by atoms with Crippen LogP contribution in [0.25, 0.3) is 11.0 Å². The molecule has 2 aromatic carbocycles. The van der Waals surface area contributed by atoms with E-state index in [1.807, 2.05) is 13.0 Å². The number of aromatic amines is 1. The fourth-order valence-electron chi connectivity index (χ4n) is 4.41. The lowest BCUT2D eigenvalue weighted by Crippen LogP contribution is -2.27. The zero-order valence-electron chi connectivity index (χ0n) is 18.0. The van der Waals surface area contributed by atoms with Crippen molar-refractivity contribution in [1.82, 2.24) is 15.3 Å². The number of rotatable bonds is 7. The number of nitrogens with one attached hydrogen (secondary N) is 2. The molecule has 1 aliphatic rings. The standard InChI is InChI=1S/C24H25Cl2N3O3/c1-13(23-28-20-9-7-16(25)11-21(20)29-23)27-24(31)14-6-8-18(19(26)10-14)22(30)17-5-3-4-15(17)12-32-2/h6-11,13,15,17H,3-5,12H2,1-2H3,(H,27,31)(H,28,29)/t13?,15-,17?/m0/s1. The molecule has 168 valence electrons. The number of carbonyl (C=O) groups is 2. The topological polar surface area (TPSA) is 84.1 Å². The van der Waals surface area contributed by atoms with E-state index in [1.165, 1.54) is 0 Å². The second-order valence-electron chi connectivity index (χ2n) is 8.29. The van der Waals surface area contributed by atoms with Gasteiger partial charge in [0.2, 0.25) is 0 Å². The summed E-state index contributed by atoms with van der Waals surface area (Å²) in [5.41, 5.74) is 2.42. The predicted molar refractivity (Wildman–Crippen MR) is 125 cm³/mol. The first-order valence-corrected chi connectivity index (χ1v) is 11.4. The first-order valence-electron chi connectivity index (χ1n) is 10.7. The summed E-state index contributed by atoms with van der Waals surface area (Å²) in [5, 5.41) is 3.82. The van der Waals surface area contributed by atoms with Gasteiger partial charge in [0, 0.05) is 35.8 Å². The lowest BCUT2D eigenvalue weighted by Gasteiger charge is -2.18. The van der Waals surface area contributed by atoms with Crippen LogP contribution in [0.15, 0.2) is 36.4 Å². The van der Waals surface area contributed by atoms with Crippen molar-refractivity contribution in [3.63, 3.8) is 0 Å². The van der Waals surface area contributed by atoms with Crippen molar-refractivity contribution in [2.45, 2.75) is 32.2 Å². The second-order valence-corrected chi connectivity index (χ2v) is 9.13. The van der Waals surface area contributed by atoms with Gasteiger partial charge in [0.1, 0.15) is 5.82 Å². The van der Waals surface area contributed by atoms with E-state index in [0.29, 0.717) is 28.6 Å². The quantitative estimate of drug-likeness (QED) is 0.437. The zero-order valence-corrected chi connectivity index (χ0v) is 19.5. The van der Waals surface area contributed by atoms with Crippen LogP contribution in [0.5, 0.6) is 0 Å². The largest absolute Gasteiger partial charge is 0.384 e. The summed E-state index contributed by atoms with van der Waals surface area (Å²) in [5.74, 6) is 0.476. The Labute approximate surface area is 196 Å². The van der Waals surface area contributed by atoms with Gasteiger partial charge in [-0.25, -0.2) is 4.98 Å². The van der Waals surface area contributed by atoms with Crippen LogP contribution >= 0.6 is 23.2 Å². The maximum atomic E-state index is 13.0. The predicted octanol–water partition coefficient (Wildman–Crippen LogP) is 5.61. The summed E-state index contributed by atoms with van der Waals surface area (Å²) in [4.78, 5) is 33.5. The van der Waals surface area contributed by atoms with Crippen LogP contribution < -0.4 is 5.32 Å². The highest BCUT2D eigenvalue weighted by molar-refractivity contribution is 6.34. The minimum absolute atomic E-state index is 0.0239. The molecule has 0 bridgehead atoms. The molecule has 2 N–H and O–H groups in total. The van der Waals surface area contributed by atoms with Crippen molar-refractivity contribution in [1.29, 1.82) is 0 Å². The number of ketones is 1. The Morgan fingerprint density at radius 1 is 1.22 bits per heavy atom. The number of benzene rings is 2. The molecule has 1 heterocycles. The van der Waals surface area contributed by atoms with Gasteiger partial charge in [-0.2, -0.15) is 0 Å². The third kappa shape index (κ3) is 4.68. The van der Waals surface area contributed by atoms with E-state index in [4.69, 9.17) is 27.9 Å². The number of carbonyl (C=O) groups excluding carboxylic acids is 2. The van der Waals surface area contributed by atoms with E-state index in [9.17, 15) is 9.59 Å². The number of Topliss-reactive ketones (excluding diaryl/α,β-unsaturated/α-hetero) is 1. The molecule has 1 amide bonds. The molecular formula is C24H25Cl2N3O3. The number of methoxy groups -OCH3 is 1. The fraction of sp³-hybridized carbons (Fsp3) is 0.375. The highest BCUT2D eigenvalue weighted by Crippen LogP contribution is 2.36. The number of halogens is 2. The van der Waals surface area contributed by atoms with Gasteiger partial charge in [-0.1, -0.05) is 29.6 Å². The van der Waals surface area contributed by atoms with Crippen molar-refractivity contribution in [2.75, 3.05) is 13.7 Å². The van der Waals surface area contributed by atoms with E-state index in [-0.39, 0.29) is 34.6 Å². The minimum Gasteiger partial charge on any atom is -0.384 e. The van der Waals surface area contributed by atoms with E-state index >= 15 is 0 Å². The molecule has 0 aliphatic heterocycles. The van der Waals surface area contributed by atoms with E-state index in [2.05, 4.69) is 15.3 Å². The smallest absolute Gasteiger partial charge is 0.251 e. The average molecular weight is 474 g/mol. The molecule has 32 heavy (non-hydrogen) atoms. The summed E-state index contributed by atoms with van der Waals surface area (Å²) < 4.78 is 5.27. The number of amides is 1. The third-order valence-electron chi connectivity index (χ3n) is 6.09. The highest BCUT2D eigenvalue weighted by Gasteiger charge is 2.34. The Bertz CT molecular complexity index is 1160. The number of hydrogen-bond acceptors (Lipinski definition) is 4. The number of H-pyrrole nitrogens is 1. The molecule has 8 heteroatoms. The van der Waals surface area contributed by atoms with Crippen LogP contribution in [-0.4, -0.2) is 35.4 Å². The second kappa shape index (κ2) is 9.61. The highest BCUT2D eigenvalue weighted by atomic mass is 35.5. The number of hydrogen-bond donors (Lipinski definition) is 2. The van der Waals surface area contributed by atoms with Gasteiger partial charge < -0.3 is 15.0 Å². The maximum absolute atomic E-state index is 13.0. The lowest BCUT2D eigenvalue weighted by atomic mass is 9.88. The molecule has 3 atom stereocenters. The molecule has 6 nitrogen and oxygen atoms in total. The van der Waals surface area contributed by atoms with Crippen LogP contribution in [0.1, 0.15) is 58.8 Å². The first kappa shape index (κ1) is 22.8. The Kier molecular flexibility index (Phi) is 6.84. The van der Waals surface area contributed by atoms with E-state index in [0.717, 1.165) is 30.3 Å². The van der Waals surface area contributed by atoms with Crippen LogP contribution in [0, 0.1) is 11.8 Å². The summed E-state index contributed by atoms with van der Waals surface area (Å²) in [6, 6.07) is 9.86. The molecule has 0 saturated heterocycles. The summed E-state index contributed by atoms with van der Waals surface area (Å²) in [6.07, 6.45) is 2.83. The normalized spacial score (nSPS) is 19.2. The number of ether oxygens (including phenoxy) is 1. The number of aromatic nitrogens is 2. The van der Waals surface area contributed by atoms with E-state index in [1.54, 1.807) is 37.4 Å². The minimum atomic E-state index is -0.359. The molecule has 4 rings (SSSR count). The molecule has 1 aliphatic carbocycles. The van der Waals surface area contributed by atoms with Gasteiger partial charge in [-0.15, -0.1) is 0 Å². The molecule has 3 aromatic rings. The van der Waals surface area contributed by atoms with E-state index < -0.39 is 0 Å². The molecular weight excluding hydrogens is 449 g/mol. The van der Waals surface area contributed by atoms with Crippen molar-refractivity contribution in [3.8, 4) is 0 Å². The first-order chi connectivity index (χ1) is 15.4. The van der Waals surface area contributed by atoms with Gasteiger partial charge >= 0.3 is 0 Å². The van der Waals surface area contributed by atoms with Gasteiger partial charge in [-0.05, 0) is 62.1 Å². The van der Waals surface area contributed by atoms with Crippen molar-refractivity contribution in [3.05, 3.63) is 63.4 Å². The summed E-state index contributed by atoms with van der Waals surface area (Å²) in [6.45, 7) is 2.41. The van der Waals surface area contributed by atoms with Crippen LogP contribution in [0.3, 0.4) is 0 Å². The Morgan fingerprint density at radius 2 is 2.03 bits per heavy atom. The summed E-state index contributed by atoms with van der Waals surface area (Å²) >= 11 is 12.5. The third-order valence-corrected chi connectivity index (χ3v) is 6.64. The Morgan fingerprint density at radius 3 is 2.78 bits per heavy atom. The SMILES string of the molecule is COC[C@@H]1CCCC1C(=O)c1ccc(C(=O)NC(C)c2nc3ccc(Cl)cc3[nH]2)cc1Cl. The fourth-order valence-corrected chi connectivity index (χ4v) is 4.85. The molecule has 0 radical (unpaired) electrons. The van der Waals surface area contributed by atoms with Crippen molar-refractivity contribution in [2.24, 2.45) is 11.8 Å². The molecule has 0 spiro atoms. The van der Waals surface area contributed by atoms with Crippen LogP contribution in [0.4, 0.5) is 0 Å². The monoisotopic (exact) mass is 473 g/mol.